The molecule has 3 heteroatoms. The van der Waals surface area contributed by atoms with Gasteiger partial charge in [-0.15, -0.1) is 0 Å². The summed E-state index contributed by atoms with van der Waals surface area (Å²) < 4.78 is 13.9. The lowest BCUT2D eigenvalue weighted by Gasteiger charge is -2.27. The molecule has 8 aromatic carbocycles. The standard InChI is InChI=1S/C48H35NO2/c1-48(2,3)40-24-12-22-37-38-23-13-25-41(47(38)51-46(37)40)49(33-18-11-17-32(28-33)30-14-5-4-6-15-30)42-29-43-44(36-21-10-9-20-35(36)42)39-27-26-31-16-7-8-19-34(31)45(39)50-43/h4-29H,1-3H3. The first-order chi connectivity index (χ1) is 24.9. The van der Waals surface area contributed by atoms with Crippen molar-refractivity contribution in [2.45, 2.75) is 26.2 Å². The van der Waals surface area contributed by atoms with Crippen molar-refractivity contribution < 1.29 is 8.83 Å². The molecule has 244 valence electrons. The van der Waals surface area contributed by atoms with Gasteiger partial charge in [-0.1, -0.05) is 148 Å². The second kappa shape index (κ2) is 11.1. The number of nitrogens with zero attached hydrogens (tertiary/aromatic N) is 1. The Hall–Kier alpha value is -6.32. The van der Waals surface area contributed by atoms with Gasteiger partial charge in [-0.05, 0) is 51.6 Å². The van der Waals surface area contributed by atoms with Crippen LogP contribution in [0, 0.1) is 0 Å². The quantitative estimate of drug-likeness (QED) is 0.189. The minimum Gasteiger partial charge on any atom is -0.455 e. The van der Waals surface area contributed by atoms with E-state index in [9.17, 15) is 0 Å². The molecule has 0 spiro atoms. The maximum atomic E-state index is 7.01. The molecule has 0 atom stereocenters. The lowest BCUT2D eigenvalue weighted by atomic mass is 9.86. The molecule has 0 aliphatic heterocycles. The first kappa shape index (κ1) is 29.6. The Balaban J connectivity index is 1.32. The summed E-state index contributed by atoms with van der Waals surface area (Å²) in [6.07, 6.45) is 0. The maximum absolute atomic E-state index is 7.01. The number of para-hydroxylation sites is 2. The Morgan fingerprint density at radius 3 is 1.92 bits per heavy atom. The smallest absolute Gasteiger partial charge is 0.159 e. The summed E-state index contributed by atoms with van der Waals surface area (Å²) in [4.78, 5) is 2.36. The number of hydrogen-bond acceptors (Lipinski definition) is 3. The number of rotatable bonds is 4. The van der Waals surface area contributed by atoms with Crippen LogP contribution in [0.25, 0.3) is 76.5 Å². The summed E-state index contributed by atoms with van der Waals surface area (Å²) in [5.74, 6) is 0. The minimum atomic E-state index is -0.0794. The van der Waals surface area contributed by atoms with Crippen molar-refractivity contribution in [2.75, 3.05) is 4.90 Å². The molecule has 2 aromatic heterocycles. The molecule has 0 unspecified atom stereocenters. The van der Waals surface area contributed by atoms with Gasteiger partial charge in [0.1, 0.15) is 16.7 Å². The van der Waals surface area contributed by atoms with Crippen LogP contribution in [-0.4, -0.2) is 0 Å². The van der Waals surface area contributed by atoms with Crippen LogP contribution in [0.3, 0.4) is 0 Å². The van der Waals surface area contributed by atoms with Crippen LogP contribution in [0.2, 0.25) is 0 Å². The number of hydrogen-bond donors (Lipinski definition) is 0. The van der Waals surface area contributed by atoms with Crippen molar-refractivity contribution in [2.24, 2.45) is 0 Å². The third kappa shape index (κ3) is 4.58. The first-order valence-electron chi connectivity index (χ1n) is 17.6. The van der Waals surface area contributed by atoms with Crippen LogP contribution in [0.5, 0.6) is 0 Å². The Kier molecular flexibility index (Phi) is 6.44. The van der Waals surface area contributed by atoms with E-state index in [1.807, 2.05) is 0 Å². The fourth-order valence-corrected chi connectivity index (χ4v) is 7.97. The summed E-state index contributed by atoms with van der Waals surface area (Å²) in [5, 5.41) is 9.04. The molecule has 0 aliphatic carbocycles. The number of furan rings is 2. The van der Waals surface area contributed by atoms with Gasteiger partial charge in [-0.3, -0.25) is 0 Å². The topological polar surface area (TPSA) is 29.5 Å². The van der Waals surface area contributed by atoms with E-state index in [0.29, 0.717) is 0 Å². The van der Waals surface area contributed by atoms with E-state index >= 15 is 0 Å². The molecular weight excluding hydrogens is 623 g/mol. The van der Waals surface area contributed by atoms with E-state index in [1.54, 1.807) is 0 Å². The van der Waals surface area contributed by atoms with Crippen molar-refractivity contribution in [3.63, 3.8) is 0 Å². The lowest BCUT2D eigenvalue weighted by Crippen LogP contribution is -2.11. The van der Waals surface area contributed by atoms with Crippen molar-refractivity contribution >= 4 is 82.5 Å². The third-order valence-electron chi connectivity index (χ3n) is 10.4. The van der Waals surface area contributed by atoms with Crippen LogP contribution in [-0.2, 0) is 5.41 Å². The molecule has 2 heterocycles. The van der Waals surface area contributed by atoms with Crippen molar-refractivity contribution in [1.82, 2.24) is 0 Å². The summed E-state index contributed by atoms with van der Waals surface area (Å²) in [6, 6.07) is 56.2. The van der Waals surface area contributed by atoms with E-state index < -0.39 is 0 Å². The lowest BCUT2D eigenvalue weighted by molar-refractivity contribution is 0.573. The average Bonchev–Trinajstić information content (AvgIpc) is 3.74. The Bertz CT molecular complexity index is 2960. The molecule has 0 radical (unpaired) electrons. The number of benzene rings is 8. The van der Waals surface area contributed by atoms with Crippen molar-refractivity contribution in [1.29, 1.82) is 0 Å². The summed E-state index contributed by atoms with van der Waals surface area (Å²) in [5.41, 5.74) is 10.0. The van der Waals surface area contributed by atoms with E-state index in [0.717, 1.165) is 82.7 Å². The van der Waals surface area contributed by atoms with Crippen molar-refractivity contribution in [3.8, 4) is 11.1 Å². The SMILES string of the molecule is CC(C)(C)c1cccc2c1oc1c(N(c3cccc(-c4ccccc4)c3)c3cc4oc5c6ccccc6ccc5c4c4ccccc34)cccc12. The first-order valence-corrected chi connectivity index (χ1v) is 17.6. The van der Waals surface area contributed by atoms with Gasteiger partial charge in [0.2, 0.25) is 0 Å². The highest BCUT2D eigenvalue weighted by molar-refractivity contribution is 6.26. The van der Waals surface area contributed by atoms with E-state index in [1.165, 1.54) is 16.5 Å². The van der Waals surface area contributed by atoms with Crippen molar-refractivity contribution in [3.05, 3.63) is 163 Å². The molecule has 0 amide bonds. The van der Waals surface area contributed by atoms with E-state index in [4.69, 9.17) is 8.83 Å². The average molecular weight is 658 g/mol. The molecule has 3 nitrogen and oxygen atoms in total. The fourth-order valence-electron chi connectivity index (χ4n) is 7.97. The van der Waals surface area contributed by atoms with Gasteiger partial charge in [0.25, 0.3) is 0 Å². The molecule has 0 N–H and O–H groups in total. The predicted molar refractivity (Wildman–Crippen MR) is 215 cm³/mol. The normalized spacial score (nSPS) is 12.2. The summed E-state index contributed by atoms with van der Waals surface area (Å²) in [7, 11) is 0. The van der Waals surface area contributed by atoms with E-state index in [-0.39, 0.29) is 5.41 Å². The van der Waals surface area contributed by atoms with Gasteiger partial charge in [0.15, 0.2) is 5.58 Å². The van der Waals surface area contributed by atoms with Gasteiger partial charge in [-0.2, -0.15) is 0 Å². The minimum absolute atomic E-state index is 0.0794. The van der Waals surface area contributed by atoms with Gasteiger partial charge in [0, 0.05) is 49.6 Å². The van der Waals surface area contributed by atoms with Crippen LogP contribution in [0.15, 0.2) is 167 Å². The molecule has 0 bridgehead atoms. The summed E-state index contributed by atoms with van der Waals surface area (Å²) >= 11 is 0. The van der Waals surface area contributed by atoms with Gasteiger partial charge < -0.3 is 13.7 Å². The fraction of sp³-hybridized carbons (Fsp3) is 0.0833. The monoisotopic (exact) mass is 657 g/mol. The molecule has 10 rings (SSSR count). The Morgan fingerprint density at radius 2 is 1.10 bits per heavy atom. The maximum Gasteiger partial charge on any atom is 0.159 e. The van der Waals surface area contributed by atoms with Crippen LogP contribution < -0.4 is 4.90 Å². The highest BCUT2D eigenvalue weighted by Crippen LogP contribution is 2.49. The van der Waals surface area contributed by atoms with E-state index in [2.05, 4.69) is 183 Å². The predicted octanol–water partition coefficient (Wildman–Crippen LogP) is 14.2. The number of fused-ring (bicyclic) bond motifs is 10. The third-order valence-corrected chi connectivity index (χ3v) is 10.4. The second-order valence-electron chi connectivity index (χ2n) is 14.5. The second-order valence-corrected chi connectivity index (χ2v) is 14.5. The molecule has 0 aliphatic rings. The molecule has 0 fully saturated rings. The van der Waals surface area contributed by atoms with Gasteiger partial charge in [-0.25, -0.2) is 0 Å². The van der Waals surface area contributed by atoms with Gasteiger partial charge in [0.05, 0.1) is 11.4 Å². The molecule has 10 aromatic rings. The highest BCUT2D eigenvalue weighted by Gasteiger charge is 2.26. The van der Waals surface area contributed by atoms with Gasteiger partial charge >= 0.3 is 0 Å². The Labute approximate surface area is 296 Å². The van der Waals surface area contributed by atoms with Crippen LogP contribution in [0.1, 0.15) is 26.3 Å². The summed E-state index contributed by atoms with van der Waals surface area (Å²) in [6.45, 7) is 6.74. The molecular formula is C48H35NO2. The Morgan fingerprint density at radius 1 is 0.431 bits per heavy atom. The molecule has 0 saturated carbocycles. The zero-order valence-electron chi connectivity index (χ0n) is 28.8. The molecule has 0 saturated heterocycles. The molecule has 51 heavy (non-hydrogen) atoms. The van der Waals surface area contributed by atoms with Crippen LogP contribution >= 0.6 is 0 Å². The zero-order valence-corrected chi connectivity index (χ0v) is 28.8. The number of anilines is 3. The largest absolute Gasteiger partial charge is 0.455 e. The van der Waals surface area contributed by atoms with Crippen LogP contribution in [0.4, 0.5) is 17.1 Å². The highest BCUT2D eigenvalue weighted by atomic mass is 16.3. The zero-order chi connectivity index (χ0) is 34.3.